The van der Waals surface area contributed by atoms with Gasteiger partial charge in [0.15, 0.2) is 5.17 Å². The maximum absolute atomic E-state index is 12.4. The van der Waals surface area contributed by atoms with Gasteiger partial charge >= 0.3 is 0 Å². The molecule has 1 aliphatic rings. The zero-order chi connectivity index (χ0) is 16.3. The molecular formula is C18H26N2OS. The quantitative estimate of drug-likeness (QED) is 0.839. The topological polar surface area (TPSA) is 32.7 Å². The number of aliphatic imine (C=N–C) groups is 1. The lowest BCUT2D eigenvalue weighted by Crippen LogP contribution is -2.43. The summed E-state index contributed by atoms with van der Waals surface area (Å²) >= 11 is 1.70. The van der Waals surface area contributed by atoms with Crippen LogP contribution in [-0.2, 0) is 4.79 Å². The molecule has 2 rings (SSSR count). The predicted molar refractivity (Wildman–Crippen MR) is 95.4 cm³/mol. The molecule has 1 aromatic carbocycles. The fourth-order valence-corrected chi connectivity index (χ4v) is 3.69. The van der Waals surface area contributed by atoms with Gasteiger partial charge in [0.1, 0.15) is 0 Å². The van der Waals surface area contributed by atoms with Gasteiger partial charge in [-0.1, -0.05) is 49.0 Å². The van der Waals surface area contributed by atoms with Crippen molar-refractivity contribution in [2.45, 2.75) is 45.6 Å². The summed E-state index contributed by atoms with van der Waals surface area (Å²) < 4.78 is 0. The molecule has 0 bridgehead atoms. The van der Waals surface area contributed by atoms with Gasteiger partial charge in [0, 0.05) is 18.3 Å². The number of hydrogen-bond donors (Lipinski definition) is 0. The molecule has 0 saturated carbocycles. The Balaban J connectivity index is 2.02. The van der Waals surface area contributed by atoms with E-state index in [4.69, 9.17) is 0 Å². The lowest BCUT2D eigenvalue weighted by Gasteiger charge is -2.36. The largest absolute Gasteiger partial charge is 0.349 e. The number of amidine groups is 1. The van der Waals surface area contributed by atoms with Crippen LogP contribution in [0.25, 0.3) is 0 Å². The summed E-state index contributed by atoms with van der Waals surface area (Å²) in [6, 6.07) is 10.4. The van der Waals surface area contributed by atoms with E-state index in [9.17, 15) is 4.79 Å². The molecule has 2 unspecified atom stereocenters. The van der Waals surface area contributed by atoms with Gasteiger partial charge in [-0.15, -0.1) is 0 Å². The van der Waals surface area contributed by atoms with Gasteiger partial charge in [0.2, 0.25) is 0 Å². The van der Waals surface area contributed by atoms with Crippen LogP contribution in [0.15, 0.2) is 35.3 Å². The number of benzene rings is 1. The summed E-state index contributed by atoms with van der Waals surface area (Å²) in [5, 5.41) is 0.848. The second kappa shape index (κ2) is 6.86. The molecule has 1 aromatic rings. The summed E-state index contributed by atoms with van der Waals surface area (Å²) in [6.45, 7) is 8.58. The van der Waals surface area contributed by atoms with Crippen LogP contribution < -0.4 is 0 Å². The van der Waals surface area contributed by atoms with Crippen molar-refractivity contribution >= 4 is 22.8 Å². The highest BCUT2D eigenvalue weighted by Gasteiger charge is 2.30. The molecule has 22 heavy (non-hydrogen) atoms. The summed E-state index contributed by atoms with van der Waals surface area (Å²) in [6.07, 6.45) is 0.867. The highest BCUT2D eigenvalue weighted by Crippen LogP contribution is 2.31. The first kappa shape index (κ1) is 17.1. The molecule has 0 aromatic heterocycles. The van der Waals surface area contributed by atoms with Gasteiger partial charge in [-0.25, -0.2) is 0 Å². The molecule has 0 fully saturated rings. The molecule has 1 heterocycles. The number of rotatable bonds is 3. The Bertz CT molecular complexity index is 548. The molecule has 2 atom stereocenters. The summed E-state index contributed by atoms with van der Waals surface area (Å²) in [5.41, 5.74) is 1.28. The van der Waals surface area contributed by atoms with E-state index >= 15 is 0 Å². The van der Waals surface area contributed by atoms with Gasteiger partial charge in [0.25, 0.3) is 5.91 Å². The Morgan fingerprint density at radius 2 is 1.95 bits per heavy atom. The van der Waals surface area contributed by atoms with Gasteiger partial charge in [-0.05, 0) is 38.7 Å². The highest BCUT2D eigenvalue weighted by atomic mass is 32.2. The molecule has 0 radical (unpaired) electrons. The van der Waals surface area contributed by atoms with Gasteiger partial charge in [-0.3, -0.25) is 4.79 Å². The van der Waals surface area contributed by atoms with Gasteiger partial charge in [-0.2, -0.15) is 4.99 Å². The lowest BCUT2D eigenvalue weighted by molar-refractivity contribution is -0.121. The van der Waals surface area contributed by atoms with Gasteiger partial charge in [0.05, 0.1) is 5.92 Å². The minimum absolute atomic E-state index is 0.0176. The van der Waals surface area contributed by atoms with Crippen LogP contribution in [0.3, 0.4) is 0 Å². The first-order chi connectivity index (χ1) is 10.3. The summed E-state index contributed by atoms with van der Waals surface area (Å²) in [5.74, 6) is 1.27. The molecule has 0 N–H and O–H groups in total. The molecule has 3 nitrogen and oxygen atoms in total. The fraction of sp³-hybridized carbons (Fsp3) is 0.556. The second-order valence-corrected chi connectivity index (χ2v) is 8.00. The highest BCUT2D eigenvalue weighted by molar-refractivity contribution is 8.13. The second-order valence-electron chi connectivity index (χ2n) is 7.02. The van der Waals surface area contributed by atoms with Crippen molar-refractivity contribution in [1.82, 2.24) is 4.90 Å². The van der Waals surface area contributed by atoms with E-state index in [1.165, 1.54) is 5.56 Å². The van der Waals surface area contributed by atoms with Crippen LogP contribution in [0.1, 0.15) is 45.6 Å². The van der Waals surface area contributed by atoms with Crippen molar-refractivity contribution in [1.29, 1.82) is 0 Å². The summed E-state index contributed by atoms with van der Waals surface area (Å²) in [7, 11) is 2.01. The number of nitrogens with zero attached hydrogens (tertiary/aromatic N) is 2. The molecule has 120 valence electrons. The molecule has 0 saturated heterocycles. The van der Waals surface area contributed by atoms with Crippen molar-refractivity contribution in [3.63, 3.8) is 0 Å². The van der Waals surface area contributed by atoms with Crippen LogP contribution in [0.2, 0.25) is 0 Å². The van der Waals surface area contributed by atoms with Crippen LogP contribution in [0.5, 0.6) is 0 Å². The number of carbonyl (C=O) groups excluding carboxylic acids is 1. The number of hydrogen-bond acceptors (Lipinski definition) is 3. The zero-order valence-electron chi connectivity index (χ0n) is 14.2. The van der Waals surface area contributed by atoms with Crippen LogP contribution in [0.4, 0.5) is 0 Å². The van der Waals surface area contributed by atoms with E-state index in [1.807, 2.05) is 13.1 Å². The van der Waals surface area contributed by atoms with Gasteiger partial charge < -0.3 is 4.90 Å². The molecule has 0 spiro atoms. The van der Waals surface area contributed by atoms with Crippen molar-refractivity contribution in [3.05, 3.63) is 35.9 Å². The zero-order valence-corrected chi connectivity index (χ0v) is 15.0. The maximum atomic E-state index is 12.4. The Morgan fingerprint density at radius 3 is 2.50 bits per heavy atom. The number of thioether (sulfide) groups is 1. The Labute approximate surface area is 138 Å². The average molecular weight is 318 g/mol. The minimum atomic E-state index is -0.0176. The smallest absolute Gasteiger partial charge is 0.252 e. The van der Waals surface area contributed by atoms with E-state index in [-0.39, 0.29) is 17.4 Å². The first-order valence-electron chi connectivity index (χ1n) is 7.83. The van der Waals surface area contributed by atoms with E-state index in [2.05, 4.69) is 61.9 Å². The van der Waals surface area contributed by atoms with E-state index in [0.29, 0.717) is 5.92 Å². The normalized spacial score (nSPS) is 20.5. The molecule has 1 amide bonds. The molecule has 1 aliphatic heterocycles. The first-order valence-corrected chi connectivity index (χ1v) is 8.81. The summed E-state index contributed by atoms with van der Waals surface area (Å²) in [4.78, 5) is 18.8. The van der Waals surface area contributed by atoms with E-state index < -0.39 is 0 Å². The fourth-order valence-electron chi connectivity index (χ4n) is 2.44. The van der Waals surface area contributed by atoms with Crippen molar-refractivity contribution in [3.8, 4) is 0 Å². The number of carbonyl (C=O) groups is 1. The average Bonchev–Trinajstić information content (AvgIpc) is 2.48. The standard InChI is InChI=1S/C18H26N2OS/c1-13(14-9-7-6-8-10-14)11-15-12-22-17(19-16(15)21)20(5)18(2,3)4/h6-10,13,15H,11-12H2,1-5H3. The Morgan fingerprint density at radius 1 is 1.32 bits per heavy atom. The molecular weight excluding hydrogens is 292 g/mol. The van der Waals surface area contributed by atoms with Crippen LogP contribution in [0, 0.1) is 5.92 Å². The predicted octanol–water partition coefficient (Wildman–Crippen LogP) is 4.16. The maximum Gasteiger partial charge on any atom is 0.252 e. The SMILES string of the molecule is CC(CC1CSC(N(C)C(C)(C)C)=NC1=O)c1ccccc1. The third-order valence-electron chi connectivity index (χ3n) is 4.27. The minimum Gasteiger partial charge on any atom is -0.349 e. The van der Waals surface area contributed by atoms with E-state index in [0.717, 1.165) is 17.3 Å². The van der Waals surface area contributed by atoms with Crippen molar-refractivity contribution in [2.24, 2.45) is 10.9 Å². The third-order valence-corrected chi connectivity index (χ3v) is 5.46. The van der Waals surface area contributed by atoms with Crippen molar-refractivity contribution < 1.29 is 4.79 Å². The molecule has 4 heteroatoms. The van der Waals surface area contributed by atoms with Crippen molar-refractivity contribution in [2.75, 3.05) is 12.8 Å². The van der Waals surface area contributed by atoms with E-state index in [1.54, 1.807) is 11.8 Å². The molecule has 0 aliphatic carbocycles. The lowest BCUT2D eigenvalue weighted by atomic mass is 9.90. The monoisotopic (exact) mass is 318 g/mol. The number of amides is 1. The van der Waals surface area contributed by atoms with Crippen LogP contribution in [-0.4, -0.2) is 34.3 Å². The third kappa shape index (κ3) is 4.13. The van der Waals surface area contributed by atoms with Crippen LogP contribution >= 0.6 is 11.8 Å². The Kier molecular flexibility index (Phi) is 5.32. The Hall–Kier alpha value is -1.29.